The average molecular weight is 487 g/mol. The molecule has 2 aromatic carbocycles. The summed E-state index contributed by atoms with van der Waals surface area (Å²) in [6, 6.07) is 21.7. The highest BCUT2D eigenvalue weighted by atomic mass is 16.1. The van der Waals surface area contributed by atoms with Gasteiger partial charge in [0.2, 0.25) is 0 Å². The van der Waals surface area contributed by atoms with E-state index in [1.807, 2.05) is 62.4 Å². The number of aromatic nitrogens is 1. The highest BCUT2D eigenvalue weighted by Gasteiger charge is 2.19. The number of pyridine rings is 1. The van der Waals surface area contributed by atoms with Crippen LogP contribution in [0.1, 0.15) is 81.8 Å². The highest BCUT2D eigenvalue weighted by Crippen LogP contribution is 2.21. The number of fused-ring (bicyclic) bond motifs is 1. The molecule has 1 unspecified atom stereocenters. The zero-order valence-corrected chi connectivity index (χ0v) is 22.3. The molecular formula is C32H42N2O2. The molecule has 1 aromatic heterocycles. The molecule has 0 bridgehead atoms. The number of aryl methyl sites for hydroxylation is 1. The molecule has 36 heavy (non-hydrogen) atoms. The Kier molecular flexibility index (Phi) is 13.2. The Morgan fingerprint density at radius 2 is 1.58 bits per heavy atom. The van der Waals surface area contributed by atoms with Crippen molar-refractivity contribution in [2.45, 2.75) is 72.1 Å². The number of hydrogen-bond acceptors (Lipinski definition) is 4. The quantitative estimate of drug-likeness (QED) is 0.176. The van der Waals surface area contributed by atoms with E-state index < -0.39 is 0 Å². The molecule has 1 heterocycles. The van der Waals surface area contributed by atoms with Crippen LogP contribution in [0.2, 0.25) is 0 Å². The predicted molar refractivity (Wildman–Crippen MR) is 151 cm³/mol. The number of benzene rings is 2. The molecule has 1 N–H and O–H groups in total. The second-order valence-electron chi connectivity index (χ2n) is 8.88. The lowest BCUT2D eigenvalue weighted by molar-refractivity contribution is -0.123. The third-order valence-corrected chi connectivity index (χ3v) is 6.33. The number of hydrogen-bond donors (Lipinski definition) is 1. The first kappa shape index (κ1) is 29.0. The van der Waals surface area contributed by atoms with Crippen molar-refractivity contribution in [3.8, 4) is 0 Å². The number of ketones is 2. The normalized spacial score (nSPS) is 11.3. The van der Waals surface area contributed by atoms with E-state index in [0.29, 0.717) is 30.7 Å². The molecule has 0 radical (unpaired) electrons. The molecule has 0 amide bonds. The van der Waals surface area contributed by atoms with Crippen molar-refractivity contribution < 1.29 is 9.59 Å². The molecule has 0 saturated carbocycles. The van der Waals surface area contributed by atoms with E-state index in [1.54, 1.807) is 6.07 Å². The van der Waals surface area contributed by atoms with Crippen LogP contribution in [0.15, 0.2) is 79.0 Å². The Morgan fingerprint density at radius 1 is 0.889 bits per heavy atom. The Morgan fingerprint density at radius 3 is 2.33 bits per heavy atom. The van der Waals surface area contributed by atoms with Crippen molar-refractivity contribution in [3.05, 3.63) is 90.3 Å². The second-order valence-corrected chi connectivity index (χ2v) is 8.88. The van der Waals surface area contributed by atoms with E-state index in [1.165, 1.54) is 5.56 Å². The van der Waals surface area contributed by atoms with Gasteiger partial charge in [-0.2, -0.15) is 0 Å². The Balaban J connectivity index is 0.00000222. The van der Waals surface area contributed by atoms with Crippen molar-refractivity contribution >= 4 is 22.5 Å². The zero-order chi connectivity index (χ0) is 26.2. The molecule has 0 spiro atoms. The maximum Gasteiger partial charge on any atom is 0.181 e. The molecular weight excluding hydrogens is 444 g/mol. The summed E-state index contributed by atoms with van der Waals surface area (Å²) in [5.41, 5.74) is 3.56. The van der Waals surface area contributed by atoms with Crippen molar-refractivity contribution in [2.75, 3.05) is 6.54 Å². The van der Waals surface area contributed by atoms with Gasteiger partial charge in [-0.15, -0.1) is 0 Å². The summed E-state index contributed by atoms with van der Waals surface area (Å²) in [7, 11) is 0. The molecule has 0 fully saturated rings. The summed E-state index contributed by atoms with van der Waals surface area (Å²) in [4.78, 5) is 30.3. The summed E-state index contributed by atoms with van der Waals surface area (Å²) < 4.78 is 0. The molecule has 3 aromatic rings. The first-order valence-corrected chi connectivity index (χ1v) is 13.4. The minimum absolute atomic E-state index is 0.0160. The fourth-order valence-electron chi connectivity index (χ4n) is 4.18. The molecule has 4 heteroatoms. The Bertz CT molecular complexity index is 1090. The topological polar surface area (TPSA) is 59.1 Å². The summed E-state index contributed by atoms with van der Waals surface area (Å²) >= 11 is 0. The lowest BCUT2D eigenvalue weighted by atomic mass is 9.89. The van der Waals surface area contributed by atoms with Crippen LogP contribution in [0.25, 0.3) is 10.9 Å². The van der Waals surface area contributed by atoms with Crippen molar-refractivity contribution in [3.63, 3.8) is 0 Å². The molecule has 0 aliphatic carbocycles. The first-order valence-electron chi connectivity index (χ1n) is 13.4. The van der Waals surface area contributed by atoms with Crippen molar-refractivity contribution in [1.29, 1.82) is 0 Å². The smallest absolute Gasteiger partial charge is 0.181 e. The fourth-order valence-corrected chi connectivity index (χ4v) is 4.18. The van der Waals surface area contributed by atoms with Gasteiger partial charge in [-0.25, -0.2) is 4.98 Å². The van der Waals surface area contributed by atoms with Gasteiger partial charge in [0.05, 0.1) is 5.52 Å². The molecule has 0 aliphatic heterocycles. The van der Waals surface area contributed by atoms with Crippen LogP contribution in [-0.2, 0) is 11.2 Å². The molecule has 192 valence electrons. The van der Waals surface area contributed by atoms with E-state index >= 15 is 0 Å². The predicted octanol–water partition coefficient (Wildman–Crippen LogP) is 7.73. The van der Waals surface area contributed by atoms with Gasteiger partial charge in [0.25, 0.3) is 0 Å². The van der Waals surface area contributed by atoms with E-state index in [9.17, 15) is 9.59 Å². The SMILES string of the molecule is C=C(CC)NCCCC(CCCC(=O)c1ccc2ccccc2n1)C(=O)CCc1ccccc1.CC. The van der Waals surface area contributed by atoms with Gasteiger partial charge in [-0.3, -0.25) is 9.59 Å². The molecule has 1 atom stereocenters. The minimum Gasteiger partial charge on any atom is -0.389 e. The third kappa shape index (κ3) is 9.77. The molecule has 0 saturated heterocycles. The van der Waals surface area contributed by atoms with Crippen LogP contribution in [0.4, 0.5) is 0 Å². The monoisotopic (exact) mass is 486 g/mol. The largest absolute Gasteiger partial charge is 0.389 e. The van der Waals surface area contributed by atoms with Gasteiger partial charge < -0.3 is 5.32 Å². The summed E-state index contributed by atoms with van der Waals surface area (Å²) in [5.74, 6) is 0.328. The van der Waals surface area contributed by atoms with E-state index in [0.717, 1.165) is 55.2 Å². The number of carbonyl (C=O) groups is 2. The lowest BCUT2D eigenvalue weighted by Crippen LogP contribution is -2.19. The first-order chi connectivity index (χ1) is 17.6. The van der Waals surface area contributed by atoms with Crippen LogP contribution in [-0.4, -0.2) is 23.1 Å². The van der Waals surface area contributed by atoms with Gasteiger partial charge in [0.1, 0.15) is 11.5 Å². The van der Waals surface area contributed by atoms with Gasteiger partial charge >= 0.3 is 0 Å². The van der Waals surface area contributed by atoms with Crippen LogP contribution < -0.4 is 5.32 Å². The minimum atomic E-state index is -0.0160. The lowest BCUT2D eigenvalue weighted by Gasteiger charge is -2.16. The highest BCUT2D eigenvalue weighted by molar-refractivity contribution is 5.96. The number of para-hydroxylation sites is 1. The van der Waals surface area contributed by atoms with E-state index in [-0.39, 0.29) is 11.7 Å². The van der Waals surface area contributed by atoms with Gasteiger partial charge in [0, 0.05) is 36.4 Å². The Hall–Kier alpha value is -3.27. The number of nitrogens with zero attached hydrogens (tertiary/aromatic N) is 1. The maximum absolute atomic E-state index is 13.1. The van der Waals surface area contributed by atoms with Crippen LogP contribution in [0.3, 0.4) is 0 Å². The number of rotatable bonds is 15. The van der Waals surface area contributed by atoms with Gasteiger partial charge in [0.15, 0.2) is 5.78 Å². The molecule has 4 nitrogen and oxygen atoms in total. The van der Waals surface area contributed by atoms with E-state index in [2.05, 4.69) is 35.9 Å². The van der Waals surface area contributed by atoms with Crippen molar-refractivity contribution in [2.24, 2.45) is 5.92 Å². The third-order valence-electron chi connectivity index (χ3n) is 6.33. The summed E-state index contributed by atoms with van der Waals surface area (Å²) in [5, 5.41) is 4.36. The van der Waals surface area contributed by atoms with Gasteiger partial charge in [-0.05, 0) is 56.2 Å². The van der Waals surface area contributed by atoms with Crippen LogP contribution in [0.5, 0.6) is 0 Å². The number of carbonyl (C=O) groups excluding carboxylic acids is 2. The standard InChI is InChI=1S/C30H36N2O2.C2H6/c1-3-23(2)31-22-10-15-26(29(33)21-18-24-11-5-4-6-12-24)14-9-17-30(34)28-20-19-25-13-7-8-16-27(25)32-28;1-2/h4-8,11-13,16,19-20,26,31H,2-3,9-10,14-15,17-18,21-22H2,1H3;1-2H3. The number of allylic oxidation sites excluding steroid dienone is 1. The summed E-state index contributed by atoms with van der Waals surface area (Å²) in [6.45, 7) is 10.9. The Labute approximate surface area is 217 Å². The number of Topliss-reactive ketones (excluding diaryl/α,β-unsaturated/α-hetero) is 2. The zero-order valence-electron chi connectivity index (χ0n) is 22.3. The molecule has 0 aliphatic rings. The van der Waals surface area contributed by atoms with Crippen molar-refractivity contribution in [1.82, 2.24) is 10.3 Å². The fraction of sp³-hybridized carbons (Fsp3) is 0.406. The number of nitrogens with one attached hydrogen (secondary N) is 1. The van der Waals surface area contributed by atoms with Gasteiger partial charge in [-0.1, -0.05) is 81.9 Å². The van der Waals surface area contributed by atoms with Crippen LogP contribution in [0, 0.1) is 5.92 Å². The maximum atomic E-state index is 13.1. The van der Waals surface area contributed by atoms with E-state index in [4.69, 9.17) is 0 Å². The molecule has 3 rings (SSSR count). The average Bonchev–Trinajstić information content (AvgIpc) is 2.94. The summed E-state index contributed by atoms with van der Waals surface area (Å²) in [6.07, 6.45) is 5.82. The second kappa shape index (κ2) is 16.4. The van der Waals surface area contributed by atoms with Crippen LogP contribution >= 0.6 is 0 Å².